The number of alkyl halides is 1. The SMILES string of the molecule is CCC(C)(O)CCF. The van der Waals surface area contributed by atoms with Gasteiger partial charge in [0.25, 0.3) is 0 Å². The minimum atomic E-state index is -0.783. The molecule has 0 radical (unpaired) electrons. The molecule has 50 valence electrons. The van der Waals surface area contributed by atoms with Crippen LogP contribution in [0.5, 0.6) is 0 Å². The van der Waals surface area contributed by atoms with Crippen LogP contribution >= 0.6 is 0 Å². The van der Waals surface area contributed by atoms with Crippen molar-refractivity contribution in [3.05, 3.63) is 0 Å². The summed E-state index contributed by atoms with van der Waals surface area (Å²) in [6.45, 7) is 3.06. The lowest BCUT2D eigenvalue weighted by Gasteiger charge is -2.18. The number of aliphatic hydroxyl groups is 1. The van der Waals surface area contributed by atoms with E-state index >= 15 is 0 Å². The molecule has 0 amide bonds. The zero-order valence-electron chi connectivity index (χ0n) is 5.45. The average molecular weight is 120 g/mol. The minimum Gasteiger partial charge on any atom is -0.390 e. The molecule has 0 aliphatic rings. The number of hydrogen-bond donors (Lipinski definition) is 1. The molecule has 2 heteroatoms. The van der Waals surface area contributed by atoms with Crippen molar-refractivity contribution in [3.8, 4) is 0 Å². The van der Waals surface area contributed by atoms with E-state index in [1.807, 2.05) is 6.92 Å². The van der Waals surface area contributed by atoms with Crippen molar-refractivity contribution < 1.29 is 9.50 Å². The van der Waals surface area contributed by atoms with Crippen LogP contribution in [0.1, 0.15) is 26.7 Å². The van der Waals surface area contributed by atoms with Gasteiger partial charge in [-0.3, -0.25) is 4.39 Å². The van der Waals surface area contributed by atoms with E-state index in [4.69, 9.17) is 5.11 Å². The van der Waals surface area contributed by atoms with Crippen molar-refractivity contribution in [1.29, 1.82) is 0 Å². The van der Waals surface area contributed by atoms with Gasteiger partial charge >= 0.3 is 0 Å². The second kappa shape index (κ2) is 3.02. The molecule has 0 aromatic rings. The second-order valence-electron chi connectivity index (χ2n) is 2.29. The van der Waals surface area contributed by atoms with E-state index in [0.29, 0.717) is 6.42 Å². The average Bonchev–Trinajstić information content (AvgIpc) is 1.67. The quantitative estimate of drug-likeness (QED) is 0.598. The standard InChI is InChI=1S/C6H13FO/c1-3-6(2,8)4-5-7/h8H,3-5H2,1-2H3. The van der Waals surface area contributed by atoms with Gasteiger partial charge in [0.15, 0.2) is 0 Å². The molecule has 0 bridgehead atoms. The monoisotopic (exact) mass is 120 g/mol. The normalized spacial score (nSPS) is 18.0. The largest absolute Gasteiger partial charge is 0.390 e. The van der Waals surface area contributed by atoms with Crippen LogP contribution in [0.2, 0.25) is 0 Å². The van der Waals surface area contributed by atoms with Crippen LogP contribution in [0.4, 0.5) is 4.39 Å². The Kier molecular flexibility index (Phi) is 2.98. The maximum Gasteiger partial charge on any atom is 0.0921 e. The lowest BCUT2D eigenvalue weighted by Crippen LogP contribution is -2.22. The molecular formula is C6H13FO. The molecule has 1 atom stereocenters. The smallest absolute Gasteiger partial charge is 0.0921 e. The van der Waals surface area contributed by atoms with E-state index in [9.17, 15) is 4.39 Å². The second-order valence-corrected chi connectivity index (χ2v) is 2.29. The summed E-state index contributed by atoms with van der Waals surface area (Å²) in [6.07, 6.45) is 0.875. The van der Waals surface area contributed by atoms with Crippen molar-refractivity contribution in [2.75, 3.05) is 6.67 Å². The number of rotatable bonds is 3. The van der Waals surface area contributed by atoms with Crippen LogP contribution < -0.4 is 0 Å². The predicted molar refractivity (Wildman–Crippen MR) is 31.5 cm³/mol. The van der Waals surface area contributed by atoms with Crippen molar-refractivity contribution in [1.82, 2.24) is 0 Å². The Hall–Kier alpha value is -0.110. The van der Waals surface area contributed by atoms with E-state index < -0.39 is 12.3 Å². The van der Waals surface area contributed by atoms with Crippen LogP contribution in [-0.2, 0) is 0 Å². The maximum absolute atomic E-state index is 11.5. The third-order valence-electron chi connectivity index (χ3n) is 1.39. The van der Waals surface area contributed by atoms with Crippen LogP contribution in [0.15, 0.2) is 0 Å². The highest BCUT2D eigenvalue weighted by Gasteiger charge is 2.15. The minimum absolute atomic E-state index is 0.253. The Morgan fingerprint density at radius 1 is 1.62 bits per heavy atom. The molecule has 0 aromatic heterocycles. The van der Waals surface area contributed by atoms with Gasteiger partial charge in [0.05, 0.1) is 12.3 Å². The van der Waals surface area contributed by atoms with Crippen LogP contribution in [-0.4, -0.2) is 17.4 Å². The van der Waals surface area contributed by atoms with Crippen molar-refractivity contribution in [2.24, 2.45) is 0 Å². The highest BCUT2D eigenvalue weighted by molar-refractivity contribution is 4.68. The van der Waals surface area contributed by atoms with Gasteiger partial charge in [0.1, 0.15) is 0 Å². The molecule has 0 rings (SSSR count). The van der Waals surface area contributed by atoms with Gasteiger partial charge in [-0.05, 0) is 13.3 Å². The molecule has 0 spiro atoms. The summed E-state index contributed by atoms with van der Waals surface area (Å²) in [7, 11) is 0. The van der Waals surface area contributed by atoms with Crippen LogP contribution in [0.25, 0.3) is 0 Å². The molecule has 0 saturated heterocycles. The fourth-order valence-corrected chi connectivity index (χ4v) is 0.380. The molecule has 1 nitrogen and oxygen atoms in total. The van der Waals surface area contributed by atoms with Gasteiger partial charge in [-0.2, -0.15) is 0 Å². The van der Waals surface area contributed by atoms with Crippen molar-refractivity contribution >= 4 is 0 Å². The summed E-state index contributed by atoms with van der Waals surface area (Å²) in [6, 6.07) is 0. The van der Waals surface area contributed by atoms with Crippen molar-refractivity contribution in [3.63, 3.8) is 0 Å². The fraction of sp³-hybridized carbons (Fsp3) is 1.00. The third-order valence-corrected chi connectivity index (χ3v) is 1.39. The zero-order chi connectivity index (χ0) is 6.62. The zero-order valence-corrected chi connectivity index (χ0v) is 5.45. The van der Waals surface area contributed by atoms with Gasteiger partial charge in [-0.1, -0.05) is 6.92 Å². The summed E-state index contributed by atoms with van der Waals surface area (Å²) in [4.78, 5) is 0. The molecule has 0 aliphatic carbocycles. The first-order chi connectivity index (χ1) is 3.62. The first kappa shape index (κ1) is 7.89. The Morgan fingerprint density at radius 2 is 2.12 bits per heavy atom. The molecule has 0 aromatic carbocycles. The molecule has 0 fully saturated rings. The highest BCUT2D eigenvalue weighted by Crippen LogP contribution is 2.12. The van der Waals surface area contributed by atoms with Crippen molar-refractivity contribution in [2.45, 2.75) is 32.3 Å². The first-order valence-electron chi connectivity index (χ1n) is 2.91. The Bertz CT molecular complexity index is 61.5. The Balaban J connectivity index is 3.37. The van der Waals surface area contributed by atoms with Gasteiger partial charge in [-0.15, -0.1) is 0 Å². The van der Waals surface area contributed by atoms with Crippen LogP contribution in [0.3, 0.4) is 0 Å². The summed E-state index contributed by atoms with van der Waals surface area (Å²) < 4.78 is 11.5. The lowest BCUT2D eigenvalue weighted by molar-refractivity contribution is 0.0404. The van der Waals surface area contributed by atoms with E-state index in [1.165, 1.54) is 0 Å². The van der Waals surface area contributed by atoms with Gasteiger partial charge < -0.3 is 5.11 Å². The topological polar surface area (TPSA) is 20.2 Å². The molecular weight excluding hydrogens is 107 g/mol. The summed E-state index contributed by atoms with van der Waals surface area (Å²) in [5, 5.41) is 9.08. The molecule has 0 saturated carbocycles. The summed E-state index contributed by atoms with van der Waals surface area (Å²) in [5.74, 6) is 0. The molecule has 0 aliphatic heterocycles. The van der Waals surface area contributed by atoms with Gasteiger partial charge in [0.2, 0.25) is 0 Å². The van der Waals surface area contributed by atoms with E-state index in [0.717, 1.165) is 0 Å². The number of halogens is 1. The first-order valence-corrected chi connectivity index (χ1v) is 2.91. The van der Waals surface area contributed by atoms with Gasteiger partial charge in [0, 0.05) is 6.42 Å². The Morgan fingerprint density at radius 3 is 2.25 bits per heavy atom. The summed E-state index contributed by atoms with van der Waals surface area (Å²) in [5.41, 5.74) is -0.783. The van der Waals surface area contributed by atoms with Gasteiger partial charge in [-0.25, -0.2) is 0 Å². The van der Waals surface area contributed by atoms with E-state index in [-0.39, 0.29) is 6.42 Å². The Labute approximate surface area is 49.5 Å². The highest BCUT2D eigenvalue weighted by atomic mass is 19.1. The number of hydrogen-bond acceptors (Lipinski definition) is 1. The third kappa shape index (κ3) is 2.97. The lowest BCUT2D eigenvalue weighted by atomic mass is 10.0. The molecule has 1 unspecified atom stereocenters. The predicted octanol–water partition coefficient (Wildman–Crippen LogP) is 1.51. The summed E-state index contributed by atoms with van der Waals surface area (Å²) >= 11 is 0. The maximum atomic E-state index is 11.5. The fourth-order valence-electron chi connectivity index (χ4n) is 0.380. The molecule has 0 heterocycles. The van der Waals surface area contributed by atoms with E-state index in [1.54, 1.807) is 6.92 Å². The van der Waals surface area contributed by atoms with Crippen LogP contribution in [0, 0.1) is 0 Å². The molecule has 8 heavy (non-hydrogen) atoms. The molecule has 1 N–H and O–H groups in total. The van der Waals surface area contributed by atoms with E-state index in [2.05, 4.69) is 0 Å².